The SMILES string of the molecule is Cc1nc(-c2cc(C(F)(F)F)cc(C(F)(F)F)c2)sc1C(=O)O. The smallest absolute Gasteiger partial charge is 0.416 e. The molecule has 0 aliphatic carbocycles. The predicted molar refractivity (Wildman–Crippen MR) is 69.3 cm³/mol. The summed E-state index contributed by atoms with van der Waals surface area (Å²) >= 11 is 0.514. The Kier molecular flexibility index (Phi) is 4.14. The first kappa shape index (κ1) is 17.3. The Morgan fingerprint density at radius 2 is 1.52 bits per heavy atom. The minimum atomic E-state index is -4.97. The number of halogens is 6. The quantitative estimate of drug-likeness (QED) is 0.783. The van der Waals surface area contributed by atoms with E-state index < -0.39 is 35.0 Å². The highest BCUT2D eigenvalue weighted by atomic mass is 32.1. The number of aromatic carboxylic acids is 1. The third-order valence-electron chi connectivity index (χ3n) is 2.83. The third kappa shape index (κ3) is 3.63. The van der Waals surface area contributed by atoms with E-state index in [4.69, 9.17) is 5.11 Å². The molecular weight excluding hydrogens is 348 g/mol. The molecule has 0 aliphatic rings. The lowest BCUT2D eigenvalue weighted by Gasteiger charge is -2.13. The van der Waals surface area contributed by atoms with Crippen molar-refractivity contribution in [1.29, 1.82) is 0 Å². The molecule has 1 heterocycles. The molecule has 0 saturated carbocycles. The van der Waals surface area contributed by atoms with E-state index >= 15 is 0 Å². The Balaban J connectivity index is 2.67. The number of hydrogen-bond donors (Lipinski definition) is 1. The van der Waals surface area contributed by atoms with Crippen LogP contribution < -0.4 is 0 Å². The van der Waals surface area contributed by atoms with Gasteiger partial charge in [0.2, 0.25) is 0 Å². The largest absolute Gasteiger partial charge is 0.477 e. The number of aromatic nitrogens is 1. The molecule has 23 heavy (non-hydrogen) atoms. The van der Waals surface area contributed by atoms with E-state index in [0.29, 0.717) is 23.5 Å². The maximum atomic E-state index is 12.8. The van der Waals surface area contributed by atoms with Crippen LogP contribution in [0.3, 0.4) is 0 Å². The van der Waals surface area contributed by atoms with Crippen molar-refractivity contribution >= 4 is 17.3 Å². The molecule has 0 atom stereocenters. The number of alkyl halides is 6. The molecule has 0 fully saturated rings. The Hall–Kier alpha value is -2.10. The van der Waals surface area contributed by atoms with Crippen LogP contribution in [0.15, 0.2) is 18.2 Å². The van der Waals surface area contributed by atoms with Gasteiger partial charge in [-0.2, -0.15) is 26.3 Å². The van der Waals surface area contributed by atoms with E-state index in [9.17, 15) is 31.1 Å². The minimum Gasteiger partial charge on any atom is -0.477 e. The molecule has 0 amide bonds. The summed E-state index contributed by atoms with van der Waals surface area (Å²) in [4.78, 5) is 14.4. The average Bonchev–Trinajstić information content (AvgIpc) is 2.78. The van der Waals surface area contributed by atoms with Crippen LogP contribution in [0.5, 0.6) is 0 Å². The van der Waals surface area contributed by atoms with E-state index in [1.165, 1.54) is 6.92 Å². The van der Waals surface area contributed by atoms with Crippen molar-refractivity contribution in [1.82, 2.24) is 4.98 Å². The average molecular weight is 355 g/mol. The summed E-state index contributed by atoms with van der Waals surface area (Å²) in [6.07, 6.45) is -9.95. The zero-order valence-corrected chi connectivity index (χ0v) is 12.0. The minimum absolute atomic E-state index is 0.00205. The standard InChI is InChI=1S/C13H7F6NO2S/c1-5-9(11(21)22)23-10(20-5)6-2-7(12(14,15)16)4-8(3-6)13(17,18)19/h2-4H,1H3,(H,21,22). The van der Waals surface area contributed by atoms with Gasteiger partial charge in [-0.05, 0) is 25.1 Å². The van der Waals surface area contributed by atoms with Gasteiger partial charge < -0.3 is 5.11 Å². The van der Waals surface area contributed by atoms with Crippen LogP contribution >= 0.6 is 11.3 Å². The van der Waals surface area contributed by atoms with E-state index in [1.807, 2.05) is 0 Å². The van der Waals surface area contributed by atoms with Crippen molar-refractivity contribution < 1.29 is 36.2 Å². The highest BCUT2D eigenvalue weighted by molar-refractivity contribution is 7.17. The molecule has 1 N–H and O–H groups in total. The number of rotatable bonds is 2. The first-order valence-electron chi connectivity index (χ1n) is 5.90. The second-order valence-electron chi connectivity index (χ2n) is 4.53. The van der Waals surface area contributed by atoms with Gasteiger partial charge in [0.1, 0.15) is 9.88 Å². The van der Waals surface area contributed by atoms with E-state index in [-0.39, 0.29) is 21.6 Å². The molecule has 0 bridgehead atoms. The van der Waals surface area contributed by atoms with Crippen molar-refractivity contribution in [2.75, 3.05) is 0 Å². The van der Waals surface area contributed by atoms with Crippen molar-refractivity contribution in [2.24, 2.45) is 0 Å². The first-order chi connectivity index (χ1) is 10.4. The Morgan fingerprint density at radius 3 is 1.87 bits per heavy atom. The fourth-order valence-electron chi connectivity index (χ4n) is 1.80. The van der Waals surface area contributed by atoms with Crippen molar-refractivity contribution in [3.63, 3.8) is 0 Å². The predicted octanol–water partition coefficient (Wildman–Crippen LogP) is 4.85. The lowest BCUT2D eigenvalue weighted by molar-refractivity contribution is -0.143. The van der Waals surface area contributed by atoms with E-state index in [0.717, 1.165) is 0 Å². The van der Waals surface area contributed by atoms with Crippen LogP contribution in [0.25, 0.3) is 10.6 Å². The van der Waals surface area contributed by atoms with Gasteiger partial charge in [0, 0.05) is 5.56 Å². The molecule has 10 heteroatoms. The number of carbonyl (C=O) groups is 1. The molecular formula is C13H7F6NO2S. The first-order valence-corrected chi connectivity index (χ1v) is 6.72. The van der Waals surface area contributed by atoms with E-state index in [2.05, 4.69) is 4.98 Å². The summed E-state index contributed by atoms with van der Waals surface area (Å²) in [6, 6.07) is 1.03. The summed E-state index contributed by atoms with van der Waals surface area (Å²) in [5.74, 6) is -1.35. The van der Waals surface area contributed by atoms with Gasteiger partial charge in [0.05, 0.1) is 16.8 Å². The maximum Gasteiger partial charge on any atom is 0.416 e. The third-order valence-corrected chi connectivity index (χ3v) is 4.02. The summed E-state index contributed by atoms with van der Waals surface area (Å²) in [5.41, 5.74) is -3.38. The molecule has 1 aromatic carbocycles. The molecule has 0 radical (unpaired) electrons. The molecule has 124 valence electrons. The molecule has 0 unspecified atom stereocenters. The normalized spacial score (nSPS) is 12.5. The van der Waals surface area contributed by atoms with Crippen molar-refractivity contribution in [3.05, 3.63) is 39.9 Å². The van der Waals surface area contributed by atoms with Crippen LogP contribution in [0.1, 0.15) is 26.5 Å². The summed E-state index contributed by atoms with van der Waals surface area (Å²) in [6.45, 7) is 1.31. The monoisotopic (exact) mass is 355 g/mol. The number of carboxylic acids is 1. The number of nitrogens with zero attached hydrogens (tertiary/aromatic N) is 1. The van der Waals surface area contributed by atoms with Gasteiger partial charge >= 0.3 is 18.3 Å². The number of thiazole rings is 1. The highest BCUT2D eigenvalue weighted by Crippen LogP contribution is 2.39. The lowest BCUT2D eigenvalue weighted by Crippen LogP contribution is -2.11. The molecule has 3 nitrogen and oxygen atoms in total. The summed E-state index contributed by atoms with van der Waals surface area (Å²) in [5, 5.41) is 8.68. The molecule has 0 spiro atoms. The second kappa shape index (κ2) is 5.52. The van der Waals surface area contributed by atoms with E-state index in [1.54, 1.807) is 0 Å². The Labute approximate surface area is 129 Å². The van der Waals surface area contributed by atoms with Gasteiger partial charge in [0.15, 0.2) is 0 Å². The number of carboxylic acid groups (broad SMARTS) is 1. The van der Waals surface area contributed by atoms with Gasteiger partial charge in [-0.15, -0.1) is 11.3 Å². The van der Waals surface area contributed by atoms with Gasteiger partial charge in [0.25, 0.3) is 0 Å². The second-order valence-corrected chi connectivity index (χ2v) is 5.53. The highest BCUT2D eigenvalue weighted by Gasteiger charge is 2.37. The van der Waals surface area contributed by atoms with Gasteiger partial charge in [-0.3, -0.25) is 0 Å². The maximum absolute atomic E-state index is 12.8. The van der Waals surface area contributed by atoms with Crippen LogP contribution in [-0.4, -0.2) is 16.1 Å². The van der Waals surface area contributed by atoms with Crippen LogP contribution in [0.2, 0.25) is 0 Å². The number of hydrogen-bond acceptors (Lipinski definition) is 3. The molecule has 1 aromatic heterocycles. The molecule has 0 aliphatic heterocycles. The lowest BCUT2D eigenvalue weighted by atomic mass is 10.1. The van der Waals surface area contributed by atoms with Crippen LogP contribution in [-0.2, 0) is 12.4 Å². The van der Waals surface area contributed by atoms with Crippen LogP contribution in [0, 0.1) is 6.92 Å². The molecule has 2 rings (SSSR count). The van der Waals surface area contributed by atoms with Crippen LogP contribution in [0.4, 0.5) is 26.3 Å². The molecule has 2 aromatic rings. The fraction of sp³-hybridized carbons (Fsp3) is 0.231. The summed E-state index contributed by atoms with van der Waals surface area (Å²) < 4.78 is 76.7. The summed E-state index contributed by atoms with van der Waals surface area (Å²) in [7, 11) is 0. The zero-order chi connectivity index (χ0) is 17.6. The Morgan fingerprint density at radius 1 is 1.04 bits per heavy atom. The number of aryl methyl sites for hydroxylation is 1. The van der Waals surface area contributed by atoms with Crippen molar-refractivity contribution in [3.8, 4) is 10.6 Å². The van der Waals surface area contributed by atoms with Gasteiger partial charge in [-0.25, -0.2) is 9.78 Å². The van der Waals surface area contributed by atoms with Crippen molar-refractivity contribution in [2.45, 2.75) is 19.3 Å². The zero-order valence-electron chi connectivity index (χ0n) is 11.2. The van der Waals surface area contributed by atoms with Gasteiger partial charge in [-0.1, -0.05) is 0 Å². The number of benzene rings is 1. The molecule has 0 saturated heterocycles. The Bertz CT molecular complexity index is 731. The fourth-order valence-corrected chi connectivity index (χ4v) is 2.69. The topological polar surface area (TPSA) is 50.2 Å².